The summed E-state index contributed by atoms with van der Waals surface area (Å²) in [6.07, 6.45) is 6.90. The molecule has 1 aliphatic rings. The zero-order valence-electron chi connectivity index (χ0n) is 25.0. The van der Waals surface area contributed by atoms with Gasteiger partial charge in [0, 0.05) is 25.2 Å². The first-order chi connectivity index (χ1) is 21.7. The molecule has 6 rings (SSSR count). The van der Waals surface area contributed by atoms with Crippen LogP contribution in [0.3, 0.4) is 0 Å². The van der Waals surface area contributed by atoms with Crippen LogP contribution in [0.25, 0.3) is 16.1 Å². The Morgan fingerprint density at radius 2 is 1.82 bits per heavy atom. The van der Waals surface area contributed by atoms with Gasteiger partial charge in [-0.05, 0) is 73.2 Å². The quantitative estimate of drug-likeness (QED) is 0.170. The number of hydrogen-bond acceptors (Lipinski definition) is 8. The van der Waals surface area contributed by atoms with Crippen molar-refractivity contribution in [1.82, 2.24) is 24.7 Å². The second-order valence-electron chi connectivity index (χ2n) is 11.1. The van der Waals surface area contributed by atoms with Crippen molar-refractivity contribution >= 4 is 51.5 Å². The monoisotopic (exact) mass is 642 g/mol. The number of rotatable bonds is 9. The molecule has 0 aliphatic carbocycles. The molecular weight excluding hydrogens is 612 g/mol. The molecule has 0 saturated carbocycles. The Balaban J connectivity index is 1.08. The first kappa shape index (κ1) is 30.2. The SMILES string of the molecule is Cc1ccc(Cl)c(-n2nc(CC(C)C)cc2NC(=O)Nc2cnc(Oc3ccc(-c4cnc(N5CCCC5=O)s4)cc3)nc2)c1. The lowest BCUT2D eigenvalue weighted by atomic mass is 10.1. The molecule has 230 valence electrons. The number of ether oxygens (including phenoxy) is 1. The van der Waals surface area contributed by atoms with Crippen LogP contribution >= 0.6 is 22.9 Å². The standard InChI is InChI=1S/C32H31ClN8O3S/c1-19(2)13-22-15-28(41(39-22)26-14-20(3)6-11-25(26)33)38-30(43)37-23-16-34-31(35-17-23)44-24-9-7-21(8-10-24)27-18-36-32(45-27)40-12-4-5-29(40)42/h6-11,14-19H,4-5,12-13H2,1-3H3,(H2,37,38,43). The minimum Gasteiger partial charge on any atom is -0.424 e. The third-order valence-corrected chi connectivity index (χ3v) is 8.37. The van der Waals surface area contributed by atoms with Crippen molar-refractivity contribution in [3.63, 3.8) is 0 Å². The molecule has 3 amide bonds. The fourth-order valence-corrected chi connectivity index (χ4v) is 6.05. The van der Waals surface area contributed by atoms with Gasteiger partial charge in [0.05, 0.1) is 39.4 Å². The summed E-state index contributed by atoms with van der Waals surface area (Å²) >= 11 is 7.97. The molecule has 2 aromatic carbocycles. The molecule has 11 nitrogen and oxygen atoms in total. The highest BCUT2D eigenvalue weighted by Gasteiger charge is 2.24. The largest absolute Gasteiger partial charge is 0.424 e. The van der Waals surface area contributed by atoms with Gasteiger partial charge >= 0.3 is 12.0 Å². The van der Waals surface area contributed by atoms with Crippen molar-refractivity contribution in [2.75, 3.05) is 22.1 Å². The summed E-state index contributed by atoms with van der Waals surface area (Å²) in [5.41, 5.74) is 3.88. The summed E-state index contributed by atoms with van der Waals surface area (Å²) in [6, 6.07) is 14.6. The smallest absolute Gasteiger partial charge is 0.324 e. The van der Waals surface area contributed by atoms with Crippen LogP contribution in [0.1, 0.15) is 37.9 Å². The topological polar surface area (TPSA) is 127 Å². The van der Waals surface area contributed by atoms with Gasteiger partial charge in [-0.3, -0.25) is 15.0 Å². The van der Waals surface area contributed by atoms with E-state index < -0.39 is 6.03 Å². The van der Waals surface area contributed by atoms with Gasteiger partial charge in [0.2, 0.25) is 5.91 Å². The van der Waals surface area contributed by atoms with Gasteiger partial charge in [0.15, 0.2) is 5.13 Å². The van der Waals surface area contributed by atoms with Crippen LogP contribution in [0.4, 0.5) is 21.4 Å². The number of amides is 3. The van der Waals surface area contributed by atoms with Crippen LogP contribution in [-0.2, 0) is 11.2 Å². The molecule has 45 heavy (non-hydrogen) atoms. The van der Waals surface area contributed by atoms with E-state index in [4.69, 9.17) is 21.4 Å². The highest BCUT2D eigenvalue weighted by atomic mass is 35.5. The normalized spacial score (nSPS) is 13.0. The van der Waals surface area contributed by atoms with E-state index in [2.05, 4.69) is 39.4 Å². The Morgan fingerprint density at radius 1 is 1.04 bits per heavy atom. The Morgan fingerprint density at radius 3 is 2.53 bits per heavy atom. The molecule has 0 bridgehead atoms. The maximum atomic E-state index is 13.0. The number of aryl methyl sites for hydroxylation is 1. The van der Waals surface area contributed by atoms with E-state index in [-0.39, 0.29) is 11.9 Å². The number of thiazole rings is 1. The van der Waals surface area contributed by atoms with Gasteiger partial charge in [-0.15, -0.1) is 0 Å². The lowest BCUT2D eigenvalue weighted by molar-refractivity contribution is -0.117. The molecule has 0 spiro atoms. The maximum Gasteiger partial charge on any atom is 0.324 e. The number of anilines is 3. The number of halogens is 1. The second-order valence-corrected chi connectivity index (χ2v) is 12.5. The fraction of sp³-hybridized carbons (Fsp3) is 0.250. The van der Waals surface area contributed by atoms with Crippen LogP contribution in [0.5, 0.6) is 11.8 Å². The summed E-state index contributed by atoms with van der Waals surface area (Å²) in [5.74, 6) is 1.54. The number of carbonyl (C=O) groups excluding carboxylic acids is 2. The zero-order chi connectivity index (χ0) is 31.5. The number of aromatic nitrogens is 5. The summed E-state index contributed by atoms with van der Waals surface area (Å²) in [5, 5.41) is 11.6. The molecule has 0 radical (unpaired) electrons. The molecule has 13 heteroatoms. The van der Waals surface area contributed by atoms with Gasteiger partial charge in [0.25, 0.3) is 0 Å². The summed E-state index contributed by atoms with van der Waals surface area (Å²) in [4.78, 5) is 40.6. The van der Waals surface area contributed by atoms with E-state index >= 15 is 0 Å². The van der Waals surface area contributed by atoms with E-state index in [0.29, 0.717) is 46.8 Å². The van der Waals surface area contributed by atoms with E-state index in [9.17, 15) is 9.59 Å². The third kappa shape index (κ3) is 7.13. The zero-order valence-corrected chi connectivity index (χ0v) is 26.5. The molecule has 0 atom stereocenters. The molecule has 0 unspecified atom stereocenters. The molecule has 3 aromatic heterocycles. The molecular formula is C32H31ClN8O3S. The Kier molecular flexibility index (Phi) is 8.76. The van der Waals surface area contributed by atoms with Crippen molar-refractivity contribution in [2.24, 2.45) is 5.92 Å². The molecule has 5 aromatic rings. The van der Waals surface area contributed by atoms with Gasteiger partial charge < -0.3 is 10.1 Å². The van der Waals surface area contributed by atoms with Gasteiger partial charge in [-0.25, -0.2) is 24.4 Å². The van der Waals surface area contributed by atoms with E-state index in [0.717, 1.165) is 39.7 Å². The van der Waals surface area contributed by atoms with E-state index in [1.807, 2.05) is 55.5 Å². The Hall–Kier alpha value is -4.81. The van der Waals surface area contributed by atoms with Gasteiger partial charge in [-0.2, -0.15) is 5.10 Å². The lowest BCUT2D eigenvalue weighted by Gasteiger charge is -2.12. The number of hydrogen-bond donors (Lipinski definition) is 2. The van der Waals surface area contributed by atoms with Crippen LogP contribution < -0.4 is 20.3 Å². The maximum absolute atomic E-state index is 13.0. The highest BCUT2D eigenvalue weighted by Crippen LogP contribution is 2.34. The minimum absolute atomic E-state index is 0.119. The average molecular weight is 643 g/mol. The third-order valence-electron chi connectivity index (χ3n) is 6.98. The van der Waals surface area contributed by atoms with Crippen molar-refractivity contribution < 1.29 is 14.3 Å². The lowest BCUT2D eigenvalue weighted by Crippen LogP contribution is -2.23. The Labute approximate surface area is 269 Å². The summed E-state index contributed by atoms with van der Waals surface area (Å²) in [6.45, 7) is 6.91. The van der Waals surface area contributed by atoms with Crippen LogP contribution in [0.15, 0.2) is 67.1 Å². The number of nitrogens with zero attached hydrogens (tertiary/aromatic N) is 6. The van der Waals surface area contributed by atoms with Crippen molar-refractivity contribution in [1.29, 1.82) is 0 Å². The predicted octanol–water partition coefficient (Wildman–Crippen LogP) is 7.51. The number of carbonyl (C=O) groups is 2. The summed E-state index contributed by atoms with van der Waals surface area (Å²) < 4.78 is 7.45. The van der Waals surface area contributed by atoms with E-state index in [1.54, 1.807) is 15.8 Å². The van der Waals surface area contributed by atoms with Crippen molar-refractivity contribution in [2.45, 2.75) is 40.0 Å². The molecule has 1 aliphatic heterocycles. The number of urea groups is 1. The first-order valence-corrected chi connectivity index (χ1v) is 15.7. The van der Waals surface area contributed by atoms with E-state index in [1.165, 1.54) is 23.7 Å². The average Bonchev–Trinajstić information content (AvgIpc) is 3.76. The van der Waals surface area contributed by atoms with Gasteiger partial charge in [0.1, 0.15) is 11.6 Å². The molecule has 2 N–H and O–H groups in total. The van der Waals surface area contributed by atoms with Crippen molar-refractivity contribution in [3.8, 4) is 27.9 Å². The first-order valence-electron chi connectivity index (χ1n) is 14.5. The van der Waals surface area contributed by atoms with Crippen LogP contribution in [0, 0.1) is 12.8 Å². The van der Waals surface area contributed by atoms with Crippen LogP contribution in [-0.4, -0.2) is 43.2 Å². The highest BCUT2D eigenvalue weighted by molar-refractivity contribution is 7.19. The number of benzene rings is 2. The minimum atomic E-state index is -0.482. The van der Waals surface area contributed by atoms with Crippen LogP contribution in [0.2, 0.25) is 5.02 Å². The molecule has 1 fully saturated rings. The van der Waals surface area contributed by atoms with Crippen molar-refractivity contribution in [3.05, 3.63) is 83.4 Å². The molecule has 1 saturated heterocycles. The molecule has 4 heterocycles. The fourth-order valence-electron chi connectivity index (χ4n) is 4.88. The second kappa shape index (κ2) is 13.0. The summed E-state index contributed by atoms with van der Waals surface area (Å²) in [7, 11) is 0. The van der Waals surface area contributed by atoms with Gasteiger partial charge in [-0.1, -0.05) is 42.9 Å². The predicted molar refractivity (Wildman–Crippen MR) is 176 cm³/mol. The Bertz CT molecular complexity index is 1840. The number of nitrogens with one attached hydrogen (secondary N) is 2.